The van der Waals surface area contributed by atoms with Crippen molar-refractivity contribution >= 4 is 50.7 Å². The average molecular weight is 515 g/mol. The Kier molecular flexibility index (Phi) is 7.61. The lowest BCUT2D eigenvalue weighted by atomic mass is 10.2. The molecule has 2 N–H and O–H groups in total. The Balaban J connectivity index is 1.68. The van der Waals surface area contributed by atoms with E-state index in [0.717, 1.165) is 17.0 Å². The number of thioether (sulfide) groups is 1. The third-order valence-electron chi connectivity index (χ3n) is 4.38. The van der Waals surface area contributed by atoms with E-state index in [0.29, 0.717) is 11.8 Å². The Morgan fingerprint density at radius 3 is 2.18 bits per heavy atom. The SMILES string of the molecule is C[C@H](Sc1ccccc1)C(=O)Nc1ccc(S(=O)(=O)Nc2ccc(Cl)c(C(F)(F)F)c2)cc1. The van der Waals surface area contributed by atoms with Gasteiger partial charge in [-0.3, -0.25) is 9.52 Å². The number of rotatable bonds is 7. The van der Waals surface area contributed by atoms with E-state index in [2.05, 4.69) is 10.0 Å². The summed E-state index contributed by atoms with van der Waals surface area (Å²) < 4.78 is 66.3. The number of sulfonamides is 1. The fourth-order valence-corrected chi connectivity index (χ4v) is 4.90. The lowest BCUT2D eigenvalue weighted by molar-refractivity contribution is -0.137. The van der Waals surface area contributed by atoms with E-state index in [1.807, 2.05) is 30.3 Å². The van der Waals surface area contributed by atoms with Crippen molar-refractivity contribution in [3.05, 3.63) is 83.4 Å². The molecular formula is C22H18ClF3N2O3S2. The summed E-state index contributed by atoms with van der Waals surface area (Å²) in [4.78, 5) is 13.2. The van der Waals surface area contributed by atoms with Crippen LogP contribution in [-0.2, 0) is 21.0 Å². The standard InChI is InChI=1S/C22H18ClF3N2O3S2/c1-14(32-17-5-3-2-4-6-17)21(29)27-15-7-10-18(11-8-15)33(30,31)28-16-9-12-20(23)19(13-16)22(24,25)26/h2-14,28H,1H3,(H,27,29)/t14-/m0/s1. The number of nitrogens with one attached hydrogen (secondary N) is 2. The molecule has 0 spiro atoms. The quantitative estimate of drug-likeness (QED) is 0.364. The molecule has 5 nitrogen and oxygen atoms in total. The number of carbonyl (C=O) groups is 1. The van der Waals surface area contributed by atoms with Crippen LogP contribution in [-0.4, -0.2) is 19.6 Å². The third-order valence-corrected chi connectivity index (χ3v) is 7.22. The van der Waals surface area contributed by atoms with Gasteiger partial charge in [0.25, 0.3) is 10.0 Å². The van der Waals surface area contributed by atoms with E-state index >= 15 is 0 Å². The first kappa shape index (κ1) is 24.9. The number of alkyl halides is 3. The smallest absolute Gasteiger partial charge is 0.325 e. The van der Waals surface area contributed by atoms with E-state index in [4.69, 9.17) is 11.6 Å². The predicted molar refractivity (Wildman–Crippen MR) is 124 cm³/mol. The average Bonchev–Trinajstić information content (AvgIpc) is 2.75. The van der Waals surface area contributed by atoms with Gasteiger partial charge in [-0.2, -0.15) is 13.2 Å². The van der Waals surface area contributed by atoms with Gasteiger partial charge in [0.05, 0.1) is 20.7 Å². The molecule has 0 fully saturated rings. The highest BCUT2D eigenvalue weighted by molar-refractivity contribution is 8.00. The molecule has 0 unspecified atom stereocenters. The Morgan fingerprint density at radius 2 is 1.58 bits per heavy atom. The summed E-state index contributed by atoms with van der Waals surface area (Å²) in [6.07, 6.45) is -4.73. The van der Waals surface area contributed by atoms with Gasteiger partial charge in [0, 0.05) is 16.3 Å². The van der Waals surface area contributed by atoms with Crippen LogP contribution in [0.15, 0.2) is 82.6 Å². The van der Waals surface area contributed by atoms with Gasteiger partial charge in [0.2, 0.25) is 5.91 Å². The van der Waals surface area contributed by atoms with E-state index in [1.54, 1.807) is 6.92 Å². The minimum atomic E-state index is -4.73. The third kappa shape index (κ3) is 6.66. The second-order valence-corrected chi connectivity index (χ2v) is 10.4. The fourth-order valence-electron chi connectivity index (χ4n) is 2.74. The van der Waals surface area contributed by atoms with Crippen LogP contribution >= 0.6 is 23.4 Å². The van der Waals surface area contributed by atoms with Crippen LogP contribution in [0.5, 0.6) is 0 Å². The van der Waals surface area contributed by atoms with Crippen molar-refractivity contribution < 1.29 is 26.4 Å². The minimum Gasteiger partial charge on any atom is -0.325 e. The topological polar surface area (TPSA) is 75.3 Å². The fraction of sp³-hybridized carbons (Fsp3) is 0.136. The normalized spacial score (nSPS) is 12.8. The van der Waals surface area contributed by atoms with Crippen molar-refractivity contribution in [2.75, 3.05) is 10.0 Å². The van der Waals surface area contributed by atoms with E-state index in [1.165, 1.54) is 36.0 Å². The number of amides is 1. The number of hydrogen-bond acceptors (Lipinski definition) is 4. The summed E-state index contributed by atoms with van der Waals surface area (Å²) in [6, 6.07) is 17.4. The molecule has 0 aromatic heterocycles. The number of benzene rings is 3. The van der Waals surface area contributed by atoms with Gasteiger partial charge in [-0.15, -0.1) is 11.8 Å². The second kappa shape index (κ2) is 10.1. The maximum absolute atomic E-state index is 13.0. The molecule has 0 radical (unpaired) electrons. The van der Waals surface area contributed by atoms with E-state index in [-0.39, 0.29) is 16.5 Å². The molecule has 1 amide bonds. The molecule has 174 valence electrons. The van der Waals surface area contributed by atoms with Crippen LogP contribution < -0.4 is 10.0 Å². The summed E-state index contributed by atoms with van der Waals surface area (Å²) in [6.45, 7) is 1.75. The monoisotopic (exact) mass is 514 g/mol. The first-order valence-electron chi connectivity index (χ1n) is 9.48. The summed E-state index contributed by atoms with van der Waals surface area (Å²) in [5, 5.41) is 1.77. The highest BCUT2D eigenvalue weighted by Crippen LogP contribution is 2.36. The number of hydrogen-bond donors (Lipinski definition) is 2. The maximum Gasteiger partial charge on any atom is 0.417 e. The van der Waals surface area contributed by atoms with Crippen LogP contribution in [0.25, 0.3) is 0 Å². The van der Waals surface area contributed by atoms with Gasteiger partial charge in [-0.25, -0.2) is 8.42 Å². The molecule has 0 saturated heterocycles. The van der Waals surface area contributed by atoms with Crippen molar-refractivity contribution in [2.24, 2.45) is 0 Å². The Bertz CT molecular complexity index is 1240. The molecular weight excluding hydrogens is 497 g/mol. The zero-order chi connectivity index (χ0) is 24.2. The highest BCUT2D eigenvalue weighted by Gasteiger charge is 2.33. The largest absolute Gasteiger partial charge is 0.417 e. The Hall–Kier alpha value is -2.69. The first-order chi connectivity index (χ1) is 15.5. The van der Waals surface area contributed by atoms with Crippen LogP contribution in [0.3, 0.4) is 0 Å². The molecule has 0 aliphatic carbocycles. The van der Waals surface area contributed by atoms with Gasteiger partial charge in [0.1, 0.15) is 0 Å². The summed E-state index contributed by atoms with van der Waals surface area (Å²) >= 11 is 6.94. The summed E-state index contributed by atoms with van der Waals surface area (Å²) in [5.74, 6) is -0.265. The van der Waals surface area contributed by atoms with Crippen molar-refractivity contribution in [1.82, 2.24) is 0 Å². The predicted octanol–water partition coefficient (Wildman–Crippen LogP) is 6.28. The molecule has 0 bridgehead atoms. The molecule has 0 aliphatic rings. The van der Waals surface area contributed by atoms with Crippen LogP contribution in [0.1, 0.15) is 12.5 Å². The van der Waals surface area contributed by atoms with Gasteiger partial charge in [-0.05, 0) is 61.5 Å². The molecule has 0 aliphatic heterocycles. The summed E-state index contributed by atoms with van der Waals surface area (Å²) in [5.41, 5.74) is -1.05. The van der Waals surface area contributed by atoms with Crippen molar-refractivity contribution in [3.8, 4) is 0 Å². The zero-order valence-electron chi connectivity index (χ0n) is 17.1. The lowest BCUT2D eigenvalue weighted by Gasteiger charge is -2.14. The number of halogens is 4. The van der Waals surface area contributed by atoms with Crippen LogP contribution in [0.2, 0.25) is 5.02 Å². The molecule has 1 atom stereocenters. The first-order valence-corrected chi connectivity index (χ1v) is 12.2. The van der Waals surface area contributed by atoms with E-state index < -0.39 is 32.0 Å². The molecule has 3 aromatic rings. The van der Waals surface area contributed by atoms with Gasteiger partial charge < -0.3 is 5.32 Å². The molecule has 33 heavy (non-hydrogen) atoms. The Labute approximate surface area is 198 Å². The molecule has 0 saturated carbocycles. The zero-order valence-corrected chi connectivity index (χ0v) is 19.4. The molecule has 3 aromatic carbocycles. The Morgan fingerprint density at radius 1 is 0.970 bits per heavy atom. The van der Waals surface area contributed by atoms with Gasteiger partial charge in [0.15, 0.2) is 0 Å². The van der Waals surface area contributed by atoms with Crippen LogP contribution in [0.4, 0.5) is 24.5 Å². The van der Waals surface area contributed by atoms with Crippen molar-refractivity contribution in [2.45, 2.75) is 28.1 Å². The van der Waals surface area contributed by atoms with Gasteiger partial charge >= 0.3 is 6.18 Å². The van der Waals surface area contributed by atoms with Gasteiger partial charge in [-0.1, -0.05) is 29.8 Å². The molecule has 0 heterocycles. The van der Waals surface area contributed by atoms with Crippen molar-refractivity contribution in [3.63, 3.8) is 0 Å². The molecule has 11 heteroatoms. The van der Waals surface area contributed by atoms with Crippen molar-refractivity contribution in [1.29, 1.82) is 0 Å². The van der Waals surface area contributed by atoms with E-state index in [9.17, 15) is 26.4 Å². The summed E-state index contributed by atoms with van der Waals surface area (Å²) in [7, 11) is -4.17. The van der Waals surface area contributed by atoms with Crippen LogP contribution in [0, 0.1) is 0 Å². The highest BCUT2D eigenvalue weighted by atomic mass is 35.5. The lowest BCUT2D eigenvalue weighted by Crippen LogP contribution is -2.22. The second-order valence-electron chi connectivity index (χ2n) is 6.88. The number of anilines is 2. The minimum absolute atomic E-state index is 0.185. The maximum atomic E-state index is 13.0. The molecule has 3 rings (SSSR count). The number of carbonyl (C=O) groups excluding carboxylic acids is 1.